The van der Waals surface area contributed by atoms with Gasteiger partial charge in [0.2, 0.25) is 10.0 Å². The SMILES string of the molecule is CCCS(=O)(=O)NCCn1cc(C(=O)O)nn1. The highest BCUT2D eigenvalue weighted by Gasteiger charge is 2.10. The molecule has 0 fully saturated rings. The zero-order chi connectivity index (χ0) is 12.9. The van der Waals surface area contributed by atoms with E-state index in [1.165, 1.54) is 10.9 Å². The summed E-state index contributed by atoms with van der Waals surface area (Å²) in [6, 6.07) is 0. The smallest absolute Gasteiger partial charge is 0.358 e. The summed E-state index contributed by atoms with van der Waals surface area (Å²) in [6.45, 7) is 2.17. The van der Waals surface area contributed by atoms with Crippen molar-refractivity contribution in [3.05, 3.63) is 11.9 Å². The number of rotatable bonds is 7. The van der Waals surface area contributed by atoms with Crippen LogP contribution < -0.4 is 4.72 Å². The van der Waals surface area contributed by atoms with E-state index in [-0.39, 0.29) is 24.5 Å². The third kappa shape index (κ3) is 4.49. The normalized spacial score (nSPS) is 11.6. The number of carboxylic acid groups (broad SMARTS) is 1. The lowest BCUT2D eigenvalue weighted by atomic mass is 10.5. The first kappa shape index (κ1) is 13.6. The minimum absolute atomic E-state index is 0.0741. The number of aromatic nitrogens is 3. The van der Waals surface area contributed by atoms with Crippen LogP contribution in [0, 0.1) is 0 Å². The summed E-state index contributed by atoms with van der Waals surface area (Å²) in [5.41, 5.74) is -0.165. The molecule has 8 nitrogen and oxygen atoms in total. The molecule has 0 aliphatic rings. The average Bonchev–Trinajstić information content (AvgIpc) is 2.66. The van der Waals surface area contributed by atoms with E-state index < -0.39 is 16.0 Å². The van der Waals surface area contributed by atoms with Crippen molar-refractivity contribution < 1.29 is 18.3 Å². The van der Waals surface area contributed by atoms with Gasteiger partial charge in [-0.05, 0) is 6.42 Å². The molecule has 0 amide bonds. The molecule has 96 valence electrons. The summed E-state index contributed by atoms with van der Waals surface area (Å²) < 4.78 is 26.2. The second kappa shape index (κ2) is 5.73. The van der Waals surface area contributed by atoms with Crippen molar-refractivity contribution in [2.24, 2.45) is 0 Å². The van der Waals surface area contributed by atoms with Gasteiger partial charge in [0.15, 0.2) is 5.69 Å². The summed E-state index contributed by atoms with van der Waals surface area (Å²) in [6.07, 6.45) is 1.79. The highest BCUT2D eigenvalue weighted by Crippen LogP contribution is 1.93. The van der Waals surface area contributed by atoms with Crippen molar-refractivity contribution in [3.8, 4) is 0 Å². The molecule has 2 N–H and O–H groups in total. The molecule has 1 aromatic heterocycles. The topological polar surface area (TPSA) is 114 Å². The number of hydrogen-bond acceptors (Lipinski definition) is 5. The fraction of sp³-hybridized carbons (Fsp3) is 0.625. The van der Waals surface area contributed by atoms with Crippen LogP contribution in [0.1, 0.15) is 23.8 Å². The highest BCUT2D eigenvalue weighted by atomic mass is 32.2. The van der Waals surface area contributed by atoms with E-state index >= 15 is 0 Å². The van der Waals surface area contributed by atoms with Crippen molar-refractivity contribution in [2.45, 2.75) is 19.9 Å². The van der Waals surface area contributed by atoms with Crippen LogP contribution in [0.5, 0.6) is 0 Å². The largest absolute Gasteiger partial charge is 0.476 e. The number of nitrogens with zero attached hydrogens (tertiary/aromatic N) is 3. The van der Waals surface area contributed by atoms with E-state index in [1.807, 2.05) is 0 Å². The van der Waals surface area contributed by atoms with E-state index in [1.54, 1.807) is 6.92 Å². The zero-order valence-electron chi connectivity index (χ0n) is 9.33. The van der Waals surface area contributed by atoms with Crippen LogP contribution in [0.15, 0.2) is 6.20 Å². The Labute approximate surface area is 98.7 Å². The van der Waals surface area contributed by atoms with Gasteiger partial charge in [-0.25, -0.2) is 17.9 Å². The molecule has 9 heteroatoms. The lowest BCUT2D eigenvalue weighted by Crippen LogP contribution is -2.29. The quantitative estimate of drug-likeness (QED) is 0.672. The molecule has 0 saturated heterocycles. The van der Waals surface area contributed by atoms with Crippen LogP contribution in [-0.4, -0.2) is 46.8 Å². The van der Waals surface area contributed by atoms with Gasteiger partial charge in [-0.15, -0.1) is 5.10 Å². The first-order valence-electron chi connectivity index (χ1n) is 5.05. The molecule has 0 atom stereocenters. The van der Waals surface area contributed by atoms with Crippen molar-refractivity contribution in [1.82, 2.24) is 19.7 Å². The van der Waals surface area contributed by atoms with Crippen molar-refractivity contribution in [3.63, 3.8) is 0 Å². The first-order valence-corrected chi connectivity index (χ1v) is 6.70. The van der Waals surface area contributed by atoms with Crippen LogP contribution in [-0.2, 0) is 16.6 Å². The Balaban J connectivity index is 2.43. The maximum Gasteiger partial charge on any atom is 0.358 e. The van der Waals surface area contributed by atoms with E-state index in [4.69, 9.17) is 5.11 Å². The summed E-state index contributed by atoms with van der Waals surface area (Å²) >= 11 is 0. The van der Waals surface area contributed by atoms with Gasteiger partial charge in [0, 0.05) is 6.54 Å². The number of sulfonamides is 1. The molecule has 0 bridgehead atoms. The second-order valence-corrected chi connectivity index (χ2v) is 5.31. The van der Waals surface area contributed by atoms with E-state index in [9.17, 15) is 13.2 Å². The minimum Gasteiger partial charge on any atom is -0.476 e. The molecule has 1 heterocycles. The van der Waals surface area contributed by atoms with E-state index in [2.05, 4.69) is 15.0 Å². The van der Waals surface area contributed by atoms with Crippen molar-refractivity contribution >= 4 is 16.0 Å². The van der Waals surface area contributed by atoms with Crippen LogP contribution in [0.2, 0.25) is 0 Å². The van der Waals surface area contributed by atoms with Crippen LogP contribution in [0.4, 0.5) is 0 Å². The maximum absolute atomic E-state index is 11.3. The summed E-state index contributed by atoms with van der Waals surface area (Å²) in [7, 11) is -3.24. The minimum atomic E-state index is -3.24. The summed E-state index contributed by atoms with van der Waals surface area (Å²) in [4.78, 5) is 10.5. The number of hydrogen-bond donors (Lipinski definition) is 2. The van der Waals surface area contributed by atoms with Gasteiger partial charge in [-0.2, -0.15) is 0 Å². The van der Waals surface area contributed by atoms with Crippen molar-refractivity contribution in [2.75, 3.05) is 12.3 Å². The zero-order valence-corrected chi connectivity index (χ0v) is 10.1. The molecule has 0 saturated carbocycles. The molecule has 0 unspecified atom stereocenters. The summed E-state index contributed by atoms with van der Waals surface area (Å²) in [5.74, 6) is -1.09. The van der Waals surface area contributed by atoms with Crippen LogP contribution >= 0.6 is 0 Å². The van der Waals surface area contributed by atoms with E-state index in [0.29, 0.717) is 6.42 Å². The number of aromatic carboxylic acids is 1. The van der Waals surface area contributed by atoms with Gasteiger partial charge in [0.25, 0.3) is 0 Å². The predicted octanol–water partition coefficient (Wildman–Crippen LogP) is -0.694. The predicted molar refractivity (Wildman–Crippen MR) is 59.1 cm³/mol. The average molecular weight is 262 g/mol. The van der Waals surface area contributed by atoms with Gasteiger partial charge in [0.05, 0.1) is 18.5 Å². The third-order valence-corrected chi connectivity index (χ3v) is 3.48. The second-order valence-electron chi connectivity index (χ2n) is 3.39. The first-order chi connectivity index (χ1) is 7.94. The van der Waals surface area contributed by atoms with Gasteiger partial charge >= 0.3 is 5.97 Å². The highest BCUT2D eigenvalue weighted by molar-refractivity contribution is 7.89. The monoisotopic (exact) mass is 262 g/mol. The Bertz CT molecular complexity index is 481. The molecule has 0 aromatic carbocycles. The molecule has 17 heavy (non-hydrogen) atoms. The van der Waals surface area contributed by atoms with Crippen LogP contribution in [0.3, 0.4) is 0 Å². The lowest BCUT2D eigenvalue weighted by Gasteiger charge is -2.04. The number of nitrogens with one attached hydrogen (secondary N) is 1. The number of carbonyl (C=O) groups is 1. The number of carboxylic acids is 1. The lowest BCUT2D eigenvalue weighted by molar-refractivity contribution is 0.0690. The fourth-order valence-corrected chi connectivity index (χ4v) is 2.25. The molecular formula is C8H14N4O4S. The third-order valence-electron chi connectivity index (χ3n) is 1.89. The Hall–Kier alpha value is -1.48. The van der Waals surface area contributed by atoms with Gasteiger partial charge in [-0.3, -0.25) is 4.68 Å². The Morgan fingerprint density at radius 1 is 1.59 bits per heavy atom. The molecule has 0 aliphatic heterocycles. The maximum atomic E-state index is 11.3. The van der Waals surface area contributed by atoms with E-state index in [0.717, 1.165) is 0 Å². The standard InChI is InChI=1S/C8H14N4O4S/c1-2-5-17(15,16)9-3-4-12-6-7(8(13)14)10-11-12/h6,9H,2-5H2,1H3,(H,13,14). The molecule has 1 rings (SSSR count). The Morgan fingerprint density at radius 2 is 2.29 bits per heavy atom. The molecule has 0 aliphatic carbocycles. The molecule has 1 aromatic rings. The van der Waals surface area contributed by atoms with Crippen molar-refractivity contribution in [1.29, 1.82) is 0 Å². The van der Waals surface area contributed by atoms with Gasteiger partial charge in [0.1, 0.15) is 0 Å². The molecule has 0 radical (unpaired) electrons. The van der Waals surface area contributed by atoms with Gasteiger partial charge in [-0.1, -0.05) is 12.1 Å². The van der Waals surface area contributed by atoms with Crippen LogP contribution in [0.25, 0.3) is 0 Å². The molecular weight excluding hydrogens is 248 g/mol. The Kier molecular flexibility index (Phi) is 4.58. The van der Waals surface area contributed by atoms with Gasteiger partial charge < -0.3 is 5.11 Å². The molecule has 0 spiro atoms. The fourth-order valence-electron chi connectivity index (χ4n) is 1.16. The summed E-state index contributed by atoms with van der Waals surface area (Å²) in [5, 5.41) is 15.6. The Morgan fingerprint density at radius 3 is 2.82 bits per heavy atom.